The van der Waals surface area contributed by atoms with Crippen molar-refractivity contribution >= 4 is 35.0 Å². The number of nitrogens with one attached hydrogen (secondary N) is 7. The Morgan fingerprint density at radius 3 is 1.27 bits per heavy atom. The molecule has 7 heterocycles. The first-order chi connectivity index (χ1) is 61.1. The molecule has 14 aromatic rings. The van der Waals surface area contributed by atoms with Gasteiger partial charge in [0.2, 0.25) is 0 Å². The molecule has 124 heavy (non-hydrogen) atoms. The summed E-state index contributed by atoms with van der Waals surface area (Å²) in [6, 6.07) is 69.4. The molecular weight excluding hydrogens is 1550 g/mol. The van der Waals surface area contributed by atoms with Crippen molar-refractivity contribution in [1.82, 2.24) is 71.2 Å². The van der Waals surface area contributed by atoms with Crippen molar-refractivity contribution in [3.05, 3.63) is 382 Å². The van der Waals surface area contributed by atoms with E-state index in [4.69, 9.17) is 9.47 Å². The largest absolute Gasteiger partial charge is 0.456 e. The van der Waals surface area contributed by atoms with Gasteiger partial charge in [-0.2, -0.15) is 20.4 Å². The first-order valence-corrected chi connectivity index (χ1v) is 41.4. The number of carbonyl (C=O) groups excluding carboxylic acids is 4. The number of hydrogen-bond acceptors (Lipinski definition) is 13. The summed E-state index contributed by atoms with van der Waals surface area (Å²) in [5, 5.41) is 36.4. The molecular formula is C101H95FN16O6. The van der Waals surface area contributed by atoms with Crippen LogP contribution in [0.2, 0.25) is 0 Å². The number of para-hydroxylation sites is 1. The molecule has 2 aliphatic heterocycles. The lowest BCUT2D eigenvalue weighted by atomic mass is 10.1. The molecule has 0 atom stereocenters. The number of anilines is 2. The number of imidazole rings is 1. The molecule has 23 heteroatoms. The molecule has 622 valence electrons. The lowest BCUT2D eigenvalue weighted by Crippen LogP contribution is -2.36. The van der Waals surface area contributed by atoms with Gasteiger partial charge in [-0.3, -0.25) is 34.5 Å². The summed E-state index contributed by atoms with van der Waals surface area (Å²) < 4.78 is 29.1. The highest BCUT2D eigenvalue weighted by Crippen LogP contribution is 2.29. The van der Waals surface area contributed by atoms with Crippen LogP contribution in [0.5, 0.6) is 11.5 Å². The molecule has 0 spiro atoms. The predicted molar refractivity (Wildman–Crippen MR) is 480 cm³/mol. The van der Waals surface area contributed by atoms with Crippen molar-refractivity contribution in [3.63, 3.8) is 0 Å². The van der Waals surface area contributed by atoms with Gasteiger partial charge in [0.25, 0.3) is 23.6 Å². The maximum atomic E-state index is 14.0. The number of benzene rings is 9. The van der Waals surface area contributed by atoms with Crippen LogP contribution in [0.25, 0.3) is 5.69 Å². The highest BCUT2D eigenvalue weighted by atomic mass is 19.1. The molecule has 0 unspecified atom stereocenters. The number of carbonyl (C=O) groups is 4. The molecule has 16 rings (SSSR count). The van der Waals surface area contributed by atoms with Gasteiger partial charge in [0.1, 0.15) is 17.3 Å². The van der Waals surface area contributed by atoms with Gasteiger partial charge in [-0.15, -0.1) is 0 Å². The van der Waals surface area contributed by atoms with Crippen molar-refractivity contribution < 1.29 is 33.0 Å². The normalized spacial score (nSPS) is 11.7. The molecule has 9 aromatic carbocycles. The highest BCUT2D eigenvalue weighted by Gasteiger charge is 2.20. The van der Waals surface area contributed by atoms with Gasteiger partial charge in [-0.25, -0.2) is 14.1 Å². The molecule has 0 radical (unpaired) electrons. The second kappa shape index (κ2) is 46.7. The Morgan fingerprint density at radius 1 is 0.411 bits per heavy atom. The molecule has 4 amide bonds. The van der Waals surface area contributed by atoms with E-state index in [-0.39, 0.29) is 29.4 Å². The van der Waals surface area contributed by atoms with Gasteiger partial charge in [0.15, 0.2) is 0 Å². The summed E-state index contributed by atoms with van der Waals surface area (Å²) in [4.78, 5) is 59.3. The molecule has 7 N–H and O–H groups in total. The van der Waals surface area contributed by atoms with Crippen LogP contribution in [0.4, 0.5) is 15.8 Å². The van der Waals surface area contributed by atoms with Gasteiger partial charge in [0.05, 0.1) is 71.9 Å². The number of aromatic amines is 3. The Kier molecular flexibility index (Phi) is 32.5. The zero-order valence-electron chi connectivity index (χ0n) is 68.7. The number of rotatable bonds is 25. The number of nitrogens with zero attached hydrogens (tertiary/aromatic N) is 9. The number of hydrogen-bond donors (Lipinski definition) is 7. The summed E-state index contributed by atoms with van der Waals surface area (Å²) in [5.74, 6) is 25.7. The topological polar surface area (TPSA) is 263 Å². The van der Waals surface area contributed by atoms with Gasteiger partial charge in [-0.05, 0) is 214 Å². The van der Waals surface area contributed by atoms with Crippen LogP contribution in [0, 0.1) is 53.2 Å². The number of halogens is 1. The van der Waals surface area contributed by atoms with Gasteiger partial charge < -0.3 is 45.1 Å². The Hall–Kier alpha value is -15.6. The third-order valence-electron chi connectivity index (χ3n) is 20.0. The zero-order valence-corrected chi connectivity index (χ0v) is 68.7. The fraction of sp³-hybridized carbons (Fsp3) is 0.198. The van der Waals surface area contributed by atoms with Gasteiger partial charge in [-0.1, -0.05) is 132 Å². The second-order valence-electron chi connectivity index (χ2n) is 29.0. The molecule has 0 aliphatic carbocycles. The summed E-state index contributed by atoms with van der Waals surface area (Å²) >= 11 is 0. The summed E-state index contributed by atoms with van der Waals surface area (Å²) in [6.07, 6.45) is 28.2. The average Bonchev–Trinajstić information content (AvgIpc) is 1.22. The van der Waals surface area contributed by atoms with Crippen LogP contribution in [-0.2, 0) is 30.5 Å². The Morgan fingerprint density at radius 2 is 0.823 bits per heavy atom. The monoisotopic (exact) mass is 1650 g/mol. The minimum atomic E-state index is -0.387. The van der Waals surface area contributed by atoms with E-state index < -0.39 is 0 Å². The summed E-state index contributed by atoms with van der Waals surface area (Å²) in [5.41, 5.74) is 14.7. The van der Waals surface area contributed by atoms with Crippen molar-refractivity contribution in [3.8, 4) is 64.5 Å². The maximum absolute atomic E-state index is 14.0. The van der Waals surface area contributed by atoms with Crippen LogP contribution < -0.4 is 35.8 Å². The number of amides is 4. The lowest BCUT2D eigenvalue weighted by molar-refractivity contribution is 0.0944. The fourth-order valence-corrected chi connectivity index (χ4v) is 13.4. The molecule has 2 fully saturated rings. The molecule has 5 aromatic heterocycles. The number of aryl methyl sites for hydroxylation is 4. The minimum Gasteiger partial charge on any atom is -0.456 e. The molecule has 0 bridgehead atoms. The number of H-pyrrole nitrogens is 3. The maximum Gasteiger partial charge on any atom is 0.251 e. The summed E-state index contributed by atoms with van der Waals surface area (Å²) in [6.45, 7) is 8.25. The average molecular weight is 1650 g/mol. The van der Waals surface area contributed by atoms with Crippen LogP contribution in [0.1, 0.15) is 141 Å². The van der Waals surface area contributed by atoms with E-state index in [1.165, 1.54) is 18.9 Å². The van der Waals surface area contributed by atoms with E-state index in [1.54, 1.807) is 96.5 Å². The standard InChI is InChI=1S/C27H23N3O2.C25H26N4O2.C25H26N4O.C24H20FN5O/c31-27(28-17-7-10-22-19-29-30-20-22)24-15-16-26(32-25-11-5-2-6-12-25)23(18-24)14-13-21-8-3-1-4-9-21;30-25(26-12-4-7-21-18-27-28-19-21)23-10-11-24(29-13-15-31-16-14-29)22(17-23)9-8-20-5-2-1-3-6-20;30-25(26-14-6-9-21-18-27-28-19-21)23-12-13-24(29-15-4-5-16-29)22(17-23)11-10-20-7-2-1-3-8-20;25-22-6-2-1-5-19(22)7-8-20-17-21(9-10-23(20)30-15-4-12-28-30)24(31)27-11-3-14-29-16-13-26-18-29/h1-6,8-9,11-12,15-16,18-20H,7,10,17H2,(H,28,31)(H,29,30);1-3,5-6,10-11,17-19H,4,7,12-16H2,(H,26,30)(H,27,28);1-3,7-8,12-13,17-19H,4-6,9,14-16H2,(H,26,30)(H,27,28);1-2,4-6,9-10,12-13,15-18H,3,11,14H2,(H,27,31). The van der Waals surface area contributed by atoms with E-state index in [2.05, 4.69) is 119 Å². The number of aromatic nitrogens is 10. The van der Waals surface area contributed by atoms with Gasteiger partial charge in [0, 0.05) is 152 Å². The Balaban J connectivity index is 0.000000142. The number of morpholine rings is 1. The fourth-order valence-electron chi connectivity index (χ4n) is 13.4. The summed E-state index contributed by atoms with van der Waals surface area (Å²) in [7, 11) is 0. The smallest absolute Gasteiger partial charge is 0.251 e. The minimum absolute atomic E-state index is 0.0575. The zero-order chi connectivity index (χ0) is 85.4. The Bertz CT molecular complexity index is 5980. The lowest BCUT2D eigenvalue weighted by Gasteiger charge is -2.30. The van der Waals surface area contributed by atoms with Crippen LogP contribution in [0.15, 0.2) is 293 Å². The van der Waals surface area contributed by atoms with Crippen molar-refractivity contribution in [1.29, 1.82) is 0 Å². The van der Waals surface area contributed by atoms with Crippen molar-refractivity contribution in [2.24, 2.45) is 0 Å². The number of ether oxygens (including phenoxy) is 2. The Labute approximate surface area is 721 Å². The highest BCUT2D eigenvalue weighted by molar-refractivity contribution is 5.97. The van der Waals surface area contributed by atoms with E-state index in [9.17, 15) is 23.6 Å². The van der Waals surface area contributed by atoms with Gasteiger partial charge >= 0.3 is 0 Å². The molecule has 0 saturated carbocycles. The molecule has 22 nitrogen and oxygen atoms in total. The van der Waals surface area contributed by atoms with Crippen LogP contribution in [-0.4, -0.2) is 139 Å². The van der Waals surface area contributed by atoms with Crippen molar-refractivity contribution in [2.75, 3.05) is 75.4 Å². The van der Waals surface area contributed by atoms with E-state index in [1.807, 2.05) is 199 Å². The van der Waals surface area contributed by atoms with E-state index in [0.29, 0.717) is 95.5 Å². The first kappa shape index (κ1) is 86.3. The van der Waals surface area contributed by atoms with Crippen LogP contribution >= 0.6 is 0 Å². The van der Waals surface area contributed by atoms with E-state index in [0.717, 1.165) is 134 Å². The molecule has 2 saturated heterocycles. The SMILES string of the molecule is O=C(NCCCc1cn[nH]c1)c1ccc(N2CCCC2)c(C#Cc2ccccc2)c1.O=C(NCCCc1cn[nH]c1)c1ccc(N2CCOCC2)c(C#Cc2ccccc2)c1.O=C(NCCCc1cn[nH]c1)c1ccc(Oc2ccccc2)c(C#Cc2ccccc2)c1.O=C(NCCCn1ccnc1)c1ccc(-n2cccn2)c(C#Cc2ccccc2F)c1. The van der Waals surface area contributed by atoms with Crippen LogP contribution in [0.3, 0.4) is 0 Å². The second-order valence-corrected chi connectivity index (χ2v) is 29.0. The third-order valence-corrected chi connectivity index (χ3v) is 20.0. The van der Waals surface area contributed by atoms with E-state index >= 15 is 0 Å². The predicted octanol–water partition coefficient (Wildman–Crippen LogP) is 15.2. The third kappa shape index (κ3) is 27.0. The first-order valence-electron chi connectivity index (χ1n) is 41.4. The van der Waals surface area contributed by atoms with Crippen molar-refractivity contribution in [2.45, 2.75) is 64.3 Å². The quantitative estimate of drug-likeness (QED) is 0.0208. The molecule has 2 aliphatic rings.